The van der Waals surface area contributed by atoms with Crippen molar-refractivity contribution in [1.82, 2.24) is 4.90 Å². The molecule has 220 valence electrons. The van der Waals surface area contributed by atoms with Gasteiger partial charge in [-0.15, -0.1) is 10.2 Å². The highest BCUT2D eigenvalue weighted by Crippen LogP contribution is 2.46. The van der Waals surface area contributed by atoms with Crippen molar-refractivity contribution in [3.63, 3.8) is 0 Å². The number of carbonyl (C=O) groups excluding carboxylic acids is 1. The molecule has 2 aliphatic rings. The first-order valence-corrected chi connectivity index (χ1v) is 14.5. The Kier molecular flexibility index (Phi) is 8.50. The van der Waals surface area contributed by atoms with Crippen LogP contribution in [0.5, 0.6) is 5.75 Å². The average Bonchev–Trinajstić information content (AvgIpc) is 3.19. The lowest BCUT2D eigenvalue weighted by Gasteiger charge is -2.36. The quantitative estimate of drug-likeness (QED) is 0.261. The van der Waals surface area contributed by atoms with Gasteiger partial charge in [0.1, 0.15) is 17.5 Å². The Morgan fingerprint density at radius 3 is 2.69 bits per heavy atom. The Labute approximate surface area is 251 Å². The van der Waals surface area contributed by atoms with E-state index in [4.69, 9.17) is 4.74 Å². The number of fused-ring (bicyclic) bond motifs is 4. The van der Waals surface area contributed by atoms with E-state index >= 15 is 0 Å². The Morgan fingerprint density at radius 2 is 2.00 bits per heavy atom. The molecule has 12 heteroatoms. The number of hydrogen-bond acceptors (Lipinski definition) is 10. The van der Waals surface area contributed by atoms with Gasteiger partial charge in [-0.3, -0.25) is 4.79 Å². The molecule has 3 atom stereocenters. The van der Waals surface area contributed by atoms with Crippen LogP contribution in [0, 0.1) is 11.3 Å². The van der Waals surface area contributed by atoms with Crippen LogP contribution in [0.1, 0.15) is 54.0 Å². The van der Waals surface area contributed by atoms with Gasteiger partial charge < -0.3 is 35.0 Å². The Balaban J connectivity index is 1.60. The first-order chi connectivity index (χ1) is 20.0. The smallest absolute Gasteiger partial charge is 0.257 e. The number of benzene rings is 3. The van der Waals surface area contributed by atoms with Gasteiger partial charge in [-0.2, -0.15) is 5.26 Å². The summed E-state index contributed by atoms with van der Waals surface area (Å²) >= 11 is 3.42. The van der Waals surface area contributed by atoms with E-state index in [0.29, 0.717) is 35.0 Å². The number of phenols is 1. The number of rotatable bonds is 8. The number of ether oxygens (including phenoxy) is 1. The molecule has 42 heavy (non-hydrogen) atoms. The molecule has 2 heterocycles. The first-order valence-electron chi connectivity index (χ1n) is 13.7. The summed E-state index contributed by atoms with van der Waals surface area (Å²) in [5, 5.41) is 62.7. The van der Waals surface area contributed by atoms with Crippen LogP contribution in [-0.2, 0) is 11.2 Å². The minimum Gasteiger partial charge on any atom is -0.507 e. The molecular formula is C30H32BrN5O6. The van der Waals surface area contributed by atoms with Crippen molar-refractivity contribution in [2.24, 2.45) is 10.2 Å². The zero-order chi connectivity index (χ0) is 30.3. The molecule has 2 aliphatic heterocycles. The monoisotopic (exact) mass is 637 g/mol. The number of hydrogen-bond donors (Lipinski definition) is 4. The van der Waals surface area contributed by atoms with Crippen molar-refractivity contribution >= 4 is 49.7 Å². The minimum atomic E-state index is -1.17. The number of azo groups is 1. The lowest BCUT2D eigenvalue weighted by Crippen LogP contribution is -2.44. The number of aromatic hydroxyl groups is 1. The molecule has 0 aromatic heterocycles. The number of β-amino-alcohol motifs (C(OH)–C–C–N with tert-alkyl or cyclic N) is 2. The zero-order valence-electron chi connectivity index (χ0n) is 23.5. The van der Waals surface area contributed by atoms with E-state index in [-0.39, 0.29) is 58.7 Å². The van der Waals surface area contributed by atoms with Gasteiger partial charge in [-0.25, -0.2) is 0 Å². The van der Waals surface area contributed by atoms with Gasteiger partial charge >= 0.3 is 0 Å². The molecule has 5 rings (SSSR count). The van der Waals surface area contributed by atoms with E-state index in [1.54, 1.807) is 19.1 Å². The fourth-order valence-corrected chi connectivity index (χ4v) is 6.33. The van der Waals surface area contributed by atoms with Crippen molar-refractivity contribution < 1.29 is 30.0 Å². The van der Waals surface area contributed by atoms with E-state index < -0.39 is 18.4 Å². The maximum Gasteiger partial charge on any atom is 0.257 e. The van der Waals surface area contributed by atoms with Crippen molar-refractivity contribution in [2.45, 2.75) is 51.7 Å². The molecule has 0 saturated carbocycles. The molecule has 0 bridgehead atoms. The summed E-state index contributed by atoms with van der Waals surface area (Å²) in [5.41, 5.74) is 2.58. The number of aliphatic hydroxyl groups is 3. The molecule has 0 aliphatic carbocycles. The second-order valence-electron chi connectivity index (χ2n) is 10.7. The van der Waals surface area contributed by atoms with Crippen LogP contribution in [0.15, 0.2) is 45.0 Å². The third-order valence-electron chi connectivity index (χ3n) is 7.46. The van der Waals surface area contributed by atoms with Crippen LogP contribution >= 0.6 is 15.9 Å². The molecule has 3 aromatic rings. The van der Waals surface area contributed by atoms with Crippen molar-refractivity contribution in [2.75, 3.05) is 31.1 Å². The van der Waals surface area contributed by atoms with E-state index in [1.165, 1.54) is 17.0 Å². The highest BCUT2D eigenvalue weighted by atomic mass is 79.9. The molecule has 3 aromatic carbocycles. The lowest BCUT2D eigenvalue weighted by molar-refractivity contribution is 0.00804. The number of amides is 1. The SMILES string of the molecule is CCN1C(=O)c2c(cc(C#N)c(N=Nc3cc4c(c5cccc(O)c35)N(CC(O)COC(C)C)CC(O)C4)c2Br)C1O. The average molecular weight is 639 g/mol. The highest BCUT2D eigenvalue weighted by molar-refractivity contribution is 9.10. The fourth-order valence-electron chi connectivity index (χ4n) is 5.64. The van der Waals surface area contributed by atoms with Gasteiger partial charge in [-0.1, -0.05) is 12.1 Å². The minimum absolute atomic E-state index is 0.0365. The number of anilines is 1. The predicted molar refractivity (Wildman–Crippen MR) is 159 cm³/mol. The molecular weight excluding hydrogens is 606 g/mol. The summed E-state index contributed by atoms with van der Waals surface area (Å²) < 4.78 is 5.81. The van der Waals surface area contributed by atoms with Gasteiger partial charge in [0, 0.05) is 42.7 Å². The standard InChI is InChI=1S/C30H32BrN5O6/c1-4-36-29(40)21-9-17(11-32)27(26(31)25(21)30(36)41)34-33-22-10-16-8-18(37)12-35(13-19(38)14-42-15(2)3)28(16)20-6-5-7-23(39)24(20)22/h5-7,9-10,15,18-19,29,37-40H,4,8,12-14H2,1-3H3. The molecule has 4 N–H and O–H groups in total. The molecule has 0 radical (unpaired) electrons. The summed E-state index contributed by atoms with van der Waals surface area (Å²) in [6.07, 6.45) is -2.39. The summed E-state index contributed by atoms with van der Waals surface area (Å²) in [7, 11) is 0. The van der Waals surface area contributed by atoms with Crippen molar-refractivity contribution in [3.05, 3.63) is 57.1 Å². The maximum absolute atomic E-state index is 13.0. The molecule has 1 amide bonds. The van der Waals surface area contributed by atoms with Gasteiger partial charge in [0.15, 0.2) is 6.23 Å². The van der Waals surface area contributed by atoms with E-state index in [1.807, 2.05) is 24.8 Å². The number of halogens is 1. The van der Waals surface area contributed by atoms with Crippen LogP contribution < -0.4 is 4.90 Å². The van der Waals surface area contributed by atoms with E-state index in [9.17, 15) is 30.5 Å². The number of nitriles is 1. The molecule has 0 fully saturated rings. The Hall–Kier alpha value is -3.60. The molecule has 0 spiro atoms. The van der Waals surface area contributed by atoms with Crippen molar-refractivity contribution in [1.29, 1.82) is 5.26 Å². The zero-order valence-corrected chi connectivity index (χ0v) is 25.0. The highest BCUT2D eigenvalue weighted by Gasteiger charge is 2.38. The van der Waals surface area contributed by atoms with Crippen LogP contribution in [0.4, 0.5) is 17.1 Å². The topological polar surface area (TPSA) is 162 Å². The van der Waals surface area contributed by atoms with Gasteiger partial charge in [0.25, 0.3) is 5.91 Å². The predicted octanol–water partition coefficient (Wildman–Crippen LogP) is 4.57. The van der Waals surface area contributed by atoms with Gasteiger partial charge in [0.05, 0.1) is 51.6 Å². The lowest BCUT2D eigenvalue weighted by atomic mass is 9.93. The molecule has 11 nitrogen and oxygen atoms in total. The van der Waals surface area contributed by atoms with E-state index in [0.717, 1.165) is 11.3 Å². The van der Waals surface area contributed by atoms with Crippen LogP contribution in [0.2, 0.25) is 0 Å². The second kappa shape index (κ2) is 11.9. The van der Waals surface area contributed by atoms with Gasteiger partial charge in [-0.05, 0) is 60.5 Å². The Morgan fingerprint density at radius 1 is 1.24 bits per heavy atom. The summed E-state index contributed by atoms with van der Waals surface area (Å²) in [5.74, 6) is -0.427. The maximum atomic E-state index is 13.0. The molecule has 3 unspecified atom stereocenters. The third kappa shape index (κ3) is 5.34. The molecule has 0 saturated heterocycles. The first kappa shape index (κ1) is 29.9. The normalized spacial score (nSPS) is 19.1. The van der Waals surface area contributed by atoms with Crippen LogP contribution in [0.3, 0.4) is 0 Å². The number of nitrogens with zero attached hydrogens (tertiary/aromatic N) is 5. The summed E-state index contributed by atoms with van der Waals surface area (Å²) in [4.78, 5) is 16.1. The Bertz CT molecular complexity index is 1620. The van der Waals surface area contributed by atoms with E-state index in [2.05, 4.69) is 32.2 Å². The summed E-state index contributed by atoms with van der Waals surface area (Å²) in [6, 6.07) is 10.3. The summed E-state index contributed by atoms with van der Waals surface area (Å²) in [6.45, 7) is 6.46. The number of carbonyl (C=O) groups is 1. The van der Waals surface area contributed by atoms with Crippen molar-refractivity contribution in [3.8, 4) is 11.8 Å². The van der Waals surface area contributed by atoms with Crippen LogP contribution in [-0.4, -0.2) is 75.8 Å². The fraction of sp³-hybridized carbons (Fsp3) is 0.400. The van der Waals surface area contributed by atoms with Crippen LogP contribution in [0.25, 0.3) is 10.8 Å². The third-order valence-corrected chi connectivity index (χ3v) is 8.23. The second-order valence-corrected chi connectivity index (χ2v) is 11.5. The largest absolute Gasteiger partial charge is 0.507 e. The number of aliphatic hydroxyl groups excluding tert-OH is 3. The van der Waals surface area contributed by atoms with Gasteiger partial charge in [0.2, 0.25) is 0 Å². The number of phenolic OH excluding ortho intramolecular Hbond substituents is 1.